The van der Waals surface area contributed by atoms with E-state index in [9.17, 15) is 4.79 Å². The van der Waals surface area contributed by atoms with Crippen LogP contribution in [0.2, 0.25) is 5.02 Å². The summed E-state index contributed by atoms with van der Waals surface area (Å²) >= 11 is 5.83. The van der Waals surface area contributed by atoms with E-state index in [1.807, 2.05) is 30.3 Å². The van der Waals surface area contributed by atoms with Gasteiger partial charge in [-0.05, 0) is 58.8 Å². The summed E-state index contributed by atoms with van der Waals surface area (Å²) in [6.07, 6.45) is 0. The van der Waals surface area contributed by atoms with Crippen molar-refractivity contribution in [1.29, 1.82) is 0 Å². The molecule has 0 bridgehead atoms. The number of amides is 1. The Morgan fingerprint density at radius 2 is 1.70 bits per heavy atom. The Balaban J connectivity index is 1.71. The van der Waals surface area contributed by atoms with Crippen molar-refractivity contribution in [3.63, 3.8) is 0 Å². The number of fused-ring (bicyclic) bond motifs is 1. The number of benzene rings is 3. The topological polar surface area (TPSA) is 38.3 Å². The highest BCUT2D eigenvalue weighted by Crippen LogP contribution is 2.21. The summed E-state index contributed by atoms with van der Waals surface area (Å²) in [5.41, 5.74) is 1.64. The molecule has 116 valence electrons. The van der Waals surface area contributed by atoms with Crippen LogP contribution in [0.1, 0.15) is 15.9 Å². The first kappa shape index (κ1) is 15.4. The maximum absolute atomic E-state index is 12.1. The molecule has 0 aliphatic heterocycles. The van der Waals surface area contributed by atoms with Crippen LogP contribution in [-0.4, -0.2) is 13.0 Å². The van der Waals surface area contributed by atoms with Gasteiger partial charge in [0.15, 0.2) is 0 Å². The van der Waals surface area contributed by atoms with E-state index in [2.05, 4.69) is 11.4 Å². The molecule has 3 nitrogen and oxygen atoms in total. The number of carbonyl (C=O) groups excluding carboxylic acids is 1. The Morgan fingerprint density at radius 3 is 2.43 bits per heavy atom. The van der Waals surface area contributed by atoms with E-state index in [-0.39, 0.29) is 5.91 Å². The molecule has 4 heteroatoms. The molecule has 0 aliphatic rings. The first-order valence-corrected chi connectivity index (χ1v) is 7.64. The largest absolute Gasteiger partial charge is 0.497 e. The van der Waals surface area contributed by atoms with Gasteiger partial charge >= 0.3 is 0 Å². The van der Waals surface area contributed by atoms with Gasteiger partial charge in [-0.2, -0.15) is 0 Å². The zero-order chi connectivity index (χ0) is 16.2. The van der Waals surface area contributed by atoms with E-state index >= 15 is 0 Å². The Hall–Kier alpha value is -2.52. The third-order valence-electron chi connectivity index (χ3n) is 3.67. The Labute approximate surface area is 139 Å². The van der Waals surface area contributed by atoms with Gasteiger partial charge in [-0.15, -0.1) is 0 Å². The molecule has 0 atom stereocenters. The number of nitrogens with one attached hydrogen (secondary N) is 1. The summed E-state index contributed by atoms with van der Waals surface area (Å²) in [7, 11) is 1.65. The fourth-order valence-electron chi connectivity index (χ4n) is 2.40. The van der Waals surface area contributed by atoms with Crippen LogP contribution in [0.15, 0.2) is 60.7 Å². The van der Waals surface area contributed by atoms with E-state index in [0.717, 1.165) is 22.1 Å². The van der Waals surface area contributed by atoms with Gasteiger partial charge in [-0.1, -0.05) is 29.8 Å². The number of rotatable bonds is 4. The second-order valence-corrected chi connectivity index (χ2v) is 5.67. The molecule has 3 rings (SSSR count). The zero-order valence-corrected chi connectivity index (χ0v) is 13.4. The Kier molecular flexibility index (Phi) is 4.49. The predicted molar refractivity (Wildman–Crippen MR) is 93.1 cm³/mol. The smallest absolute Gasteiger partial charge is 0.251 e. The first-order chi connectivity index (χ1) is 11.2. The van der Waals surface area contributed by atoms with Crippen LogP contribution in [0.3, 0.4) is 0 Å². The average molecular weight is 326 g/mol. The van der Waals surface area contributed by atoms with Crippen LogP contribution in [0.5, 0.6) is 5.75 Å². The van der Waals surface area contributed by atoms with Crippen molar-refractivity contribution < 1.29 is 9.53 Å². The third-order valence-corrected chi connectivity index (χ3v) is 3.92. The molecule has 0 spiro atoms. The Morgan fingerprint density at radius 1 is 1.00 bits per heavy atom. The second kappa shape index (κ2) is 6.71. The number of carbonyl (C=O) groups is 1. The first-order valence-electron chi connectivity index (χ1n) is 7.26. The summed E-state index contributed by atoms with van der Waals surface area (Å²) in [5, 5.41) is 5.76. The van der Waals surface area contributed by atoms with Gasteiger partial charge in [-0.3, -0.25) is 4.79 Å². The quantitative estimate of drug-likeness (QED) is 0.770. The molecule has 0 aliphatic carbocycles. The fraction of sp³-hybridized carbons (Fsp3) is 0.105. The fourth-order valence-corrected chi connectivity index (χ4v) is 2.52. The summed E-state index contributed by atoms with van der Waals surface area (Å²) in [5.74, 6) is 0.720. The van der Waals surface area contributed by atoms with Crippen LogP contribution in [0.25, 0.3) is 10.8 Å². The van der Waals surface area contributed by atoms with Gasteiger partial charge in [0.2, 0.25) is 0 Å². The molecule has 0 saturated heterocycles. The maximum atomic E-state index is 12.1. The molecule has 0 aromatic heterocycles. The van der Waals surface area contributed by atoms with Crippen molar-refractivity contribution in [3.8, 4) is 5.75 Å². The summed E-state index contributed by atoms with van der Waals surface area (Å²) in [4.78, 5) is 12.1. The molecule has 0 unspecified atom stereocenters. The van der Waals surface area contributed by atoms with Crippen LogP contribution >= 0.6 is 11.6 Å². The molecule has 1 N–H and O–H groups in total. The molecule has 0 radical (unpaired) electrons. The third kappa shape index (κ3) is 3.63. The molecule has 0 fully saturated rings. The molecule has 3 aromatic carbocycles. The predicted octanol–water partition coefficient (Wildman–Crippen LogP) is 4.43. The van der Waals surface area contributed by atoms with Gasteiger partial charge in [-0.25, -0.2) is 0 Å². The number of ether oxygens (including phenoxy) is 1. The lowest BCUT2D eigenvalue weighted by atomic mass is 10.1. The minimum atomic E-state index is -0.114. The van der Waals surface area contributed by atoms with E-state index in [0.29, 0.717) is 17.1 Å². The number of halogens is 1. The van der Waals surface area contributed by atoms with Crippen LogP contribution in [0.4, 0.5) is 0 Å². The van der Waals surface area contributed by atoms with Crippen molar-refractivity contribution in [3.05, 3.63) is 76.8 Å². The number of hydrogen-bond acceptors (Lipinski definition) is 2. The van der Waals surface area contributed by atoms with Gasteiger partial charge in [0.1, 0.15) is 5.75 Å². The highest BCUT2D eigenvalue weighted by Gasteiger charge is 2.05. The van der Waals surface area contributed by atoms with E-state index in [1.54, 1.807) is 31.4 Å². The van der Waals surface area contributed by atoms with Gasteiger partial charge in [0.05, 0.1) is 7.11 Å². The lowest BCUT2D eigenvalue weighted by Crippen LogP contribution is -2.22. The molecular weight excluding hydrogens is 310 g/mol. The van der Waals surface area contributed by atoms with Gasteiger partial charge in [0.25, 0.3) is 5.91 Å². The van der Waals surface area contributed by atoms with Crippen LogP contribution in [0, 0.1) is 0 Å². The standard InChI is InChI=1S/C19H16ClNO2/c1-23-18-9-6-15-10-13(2-3-16(15)11-18)12-21-19(22)14-4-7-17(20)8-5-14/h2-11H,12H2,1H3,(H,21,22). The van der Waals surface area contributed by atoms with E-state index < -0.39 is 0 Å². The van der Waals surface area contributed by atoms with Gasteiger partial charge in [0, 0.05) is 17.1 Å². The monoisotopic (exact) mass is 325 g/mol. The highest BCUT2D eigenvalue weighted by molar-refractivity contribution is 6.30. The average Bonchev–Trinajstić information content (AvgIpc) is 2.59. The Bertz CT molecular complexity index is 844. The highest BCUT2D eigenvalue weighted by atomic mass is 35.5. The normalized spacial score (nSPS) is 10.5. The van der Waals surface area contributed by atoms with Crippen molar-refractivity contribution in [2.24, 2.45) is 0 Å². The molecule has 0 heterocycles. The number of hydrogen-bond donors (Lipinski definition) is 1. The molecule has 3 aromatic rings. The summed E-state index contributed by atoms with van der Waals surface area (Å²) < 4.78 is 5.22. The minimum Gasteiger partial charge on any atom is -0.497 e. The van der Waals surface area contributed by atoms with Crippen LogP contribution < -0.4 is 10.1 Å². The molecular formula is C19H16ClNO2. The van der Waals surface area contributed by atoms with Crippen LogP contribution in [-0.2, 0) is 6.54 Å². The molecule has 1 amide bonds. The van der Waals surface area contributed by atoms with Gasteiger partial charge < -0.3 is 10.1 Å². The van der Waals surface area contributed by atoms with E-state index in [4.69, 9.17) is 16.3 Å². The minimum absolute atomic E-state index is 0.114. The van der Waals surface area contributed by atoms with Crippen molar-refractivity contribution >= 4 is 28.3 Å². The van der Waals surface area contributed by atoms with Crippen molar-refractivity contribution in [1.82, 2.24) is 5.32 Å². The number of methoxy groups -OCH3 is 1. The summed E-state index contributed by atoms with van der Waals surface area (Å²) in [6, 6.07) is 18.9. The summed E-state index contributed by atoms with van der Waals surface area (Å²) in [6.45, 7) is 0.476. The molecule has 0 saturated carbocycles. The SMILES string of the molecule is COc1ccc2cc(CNC(=O)c3ccc(Cl)cc3)ccc2c1. The van der Waals surface area contributed by atoms with Crippen molar-refractivity contribution in [2.75, 3.05) is 7.11 Å². The lowest BCUT2D eigenvalue weighted by Gasteiger charge is -2.08. The molecule has 23 heavy (non-hydrogen) atoms. The lowest BCUT2D eigenvalue weighted by molar-refractivity contribution is 0.0951. The zero-order valence-electron chi connectivity index (χ0n) is 12.7. The maximum Gasteiger partial charge on any atom is 0.251 e. The second-order valence-electron chi connectivity index (χ2n) is 5.24. The van der Waals surface area contributed by atoms with E-state index in [1.165, 1.54) is 0 Å². The van der Waals surface area contributed by atoms with Crippen molar-refractivity contribution in [2.45, 2.75) is 6.54 Å².